The minimum Gasteiger partial charge on any atom is -0.248 e. The predicted octanol–water partition coefficient (Wildman–Crippen LogP) is 4.69. The Morgan fingerprint density at radius 1 is 0.591 bits per heavy atom. The van der Waals surface area contributed by atoms with E-state index in [2.05, 4.69) is 80.4 Å². The highest BCUT2D eigenvalue weighted by molar-refractivity contribution is 9.10. The molecular formula is C18H8Br2N2. The van der Waals surface area contributed by atoms with Crippen molar-refractivity contribution in [2.75, 3.05) is 0 Å². The molecule has 2 nitrogen and oxygen atoms in total. The fourth-order valence-electron chi connectivity index (χ4n) is 3.10. The summed E-state index contributed by atoms with van der Waals surface area (Å²) in [6.45, 7) is 0. The van der Waals surface area contributed by atoms with Gasteiger partial charge in [0.1, 0.15) is 0 Å². The predicted molar refractivity (Wildman–Crippen MR) is 93.0 cm³/mol. The van der Waals surface area contributed by atoms with Gasteiger partial charge in [0.2, 0.25) is 0 Å². The molecule has 0 radical (unpaired) electrons. The van der Waals surface area contributed by atoms with Crippen LogP contribution in [0.1, 0.15) is 0 Å². The molecule has 2 aliphatic heterocycles. The Kier molecular flexibility index (Phi) is 2.53. The highest BCUT2D eigenvalue weighted by atomic mass is 79.9. The number of halogens is 2. The Hall–Kier alpha value is -1.78. The van der Waals surface area contributed by atoms with Crippen LogP contribution in [-0.2, 0) is 0 Å². The number of rotatable bonds is 0. The Bertz CT molecular complexity index is 1200. The summed E-state index contributed by atoms with van der Waals surface area (Å²) in [5.74, 6) is 0. The first-order valence-electron chi connectivity index (χ1n) is 6.90. The van der Waals surface area contributed by atoms with Gasteiger partial charge in [-0.15, -0.1) is 0 Å². The van der Waals surface area contributed by atoms with Gasteiger partial charge in [0.05, 0.1) is 22.1 Å². The molecule has 0 saturated heterocycles. The van der Waals surface area contributed by atoms with E-state index in [1.807, 2.05) is 0 Å². The fourth-order valence-corrected chi connectivity index (χ4v) is 3.80. The lowest BCUT2D eigenvalue weighted by Gasteiger charge is -2.00. The van der Waals surface area contributed by atoms with E-state index < -0.39 is 0 Å². The number of benzene rings is 3. The minimum absolute atomic E-state index is 1.00. The van der Waals surface area contributed by atoms with E-state index in [4.69, 9.17) is 9.98 Å². The largest absolute Gasteiger partial charge is 0.248 e. The SMILES string of the molecule is Brc1ccc2c(c1)N=c1cc3c(cc1-2)=c1ccc(Br)cc1=N3. The van der Waals surface area contributed by atoms with Crippen LogP contribution < -0.4 is 10.7 Å². The monoisotopic (exact) mass is 410 g/mol. The van der Waals surface area contributed by atoms with Crippen LogP contribution in [-0.4, -0.2) is 0 Å². The van der Waals surface area contributed by atoms with Gasteiger partial charge in [-0.1, -0.05) is 44.0 Å². The average Bonchev–Trinajstić information content (AvgIpc) is 3.00. The maximum absolute atomic E-state index is 4.73. The standard InChI is InChI=1S/C18H8Br2N2/c19-9-1-3-11-13-7-14-12-4-2-10(20)6-16(12)22-18(14)8-17(13)21-15(11)5-9/h1-8H. The van der Waals surface area contributed by atoms with Gasteiger partial charge in [-0.05, 0) is 36.4 Å². The fraction of sp³-hybridized carbons (Fsp3) is 0. The lowest BCUT2D eigenvalue weighted by atomic mass is 10.0. The number of hydrogen-bond acceptors (Lipinski definition) is 2. The molecule has 5 rings (SSSR count). The third kappa shape index (κ3) is 1.71. The van der Waals surface area contributed by atoms with E-state index in [-0.39, 0.29) is 0 Å². The normalized spacial score (nSPS) is 12.8. The zero-order valence-corrected chi connectivity index (χ0v) is 14.4. The second kappa shape index (κ2) is 4.37. The van der Waals surface area contributed by atoms with Gasteiger partial charge >= 0.3 is 0 Å². The van der Waals surface area contributed by atoms with Gasteiger partial charge in [-0.3, -0.25) is 0 Å². The zero-order chi connectivity index (χ0) is 14.8. The summed E-state index contributed by atoms with van der Waals surface area (Å²) in [6.07, 6.45) is 0. The molecule has 0 aliphatic carbocycles. The lowest BCUT2D eigenvalue weighted by molar-refractivity contribution is 1.34. The highest BCUT2D eigenvalue weighted by Crippen LogP contribution is 2.36. The molecule has 2 aliphatic rings. The average molecular weight is 412 g/mol. The van der Waals surface area contributed by atoms with Crippen molar-refractivity contribution in [3.8, 4) is 11.1 Å². The quantitative estimate of drug-likeness (QED) is 0.353. The summed E-state index contributed by atoms with van der Waals surface area (Å²) in [4.78, 5) is 9.47. The topological polar surface area (TPSA) is 24.7 Å². The first-order chi connectivity index (χ1) is 10.7. The molecule has 22 heavy (non-hydrogen) atoms. The summed E-state index contributed by atoms with van der Waals surface area (Å²) < 4.78 is 2.10. The van der Waals surface area contributed by atoms with Crippen LogP contribution in [0.25, 0.3) is 11.1 Å². The summed E-state index contributed by atoms with van der Waals surface area (Å²) in [6, 6.07) is 16.8. The molecule has 0 fully saturated rings. The minimum atomic E-state index is 1.00. The van der Waals surface area contributed by atoms with Crippen molar-refractivity contribution < 1.29 is 0 Å². The molecule has 0 bridgehead atoms. The molecule has 0 N–H and O–H groups in total. The van der Waals surface area contributed by atoms with E-state index in [1.54, 1.807) is 0 Å². The van der Waals surface area contributed by atoms with Crippen molar-refractivity contribution in [3.05, 3.63) is 78.6 Å². The summed E-state index contributed by atoms with van der Waals surface area (Å²) in [5, 5.41) is 4.39. The Balaban J connectivity index is 1.91. The first kappa shape index (κ1) is 12.7. The Morgan fingerprint density at radius 2 is 1.36 bits per heavy atom. The molecule has 0 saturated carbocycles. The summed E-state index contributed by atoms with van der Waals surface area (Å²) >= 11 is 7.02. The third-order valence-electron chi connectivity index (χ3n) is 4.10. The van der Waals surface area contributed by atoms with E-state index in [0.717, 1.165) is 31.0 Å². The smallest absolute Gasteiger partial charge is 0.0738 e. The van der Waals surface area contributed by atoms with Gasteiger partial charge < -0.3 is 0 Å². The van der Waals surface area contributed by atoms with Gasteiger partial charge in [0, 0.05) is 30.5 Å². The van der Waals surface area contributed by atoms with Crippen LogP contribution in [0.3, 0.4) is 0 Å². The summed E-state index contributed by atoms with van der Waals surface area (Å²) in [7, 11) is 0. The molecule has 0 atom stereocenters. The van der Waals surface area contributed by atoms with Crippen LogP contribution in [0.5, 0.6) is 0 Å². The van der Waals surface area contributed by atoms with Gasteiger partial charge in [-0.2, -0.15) is 0 Å². The second-order valence-electron chi connectivity index (χ2n) is 5.43. The van der Waals surface area contributed by atoms with Crippen molar-refractivity contribution in [3.63, 3.8) is 0 Å². The van der Waals surface area contributed by atoms with Crippen LogP contribution in [0.15, 0.2) is 67.5 Å². The third-order valence-corrected chi connectivity index (χ3v) is 5.08. The van der Waals surface area contributed by atoms with Crippen LogP contribution in [0.4, 0.5) is 11.4 Å². The van der Waals surface area contributed by atoms with Crippen molar-refractivity contribution in [1.29, 1.82) is 0 Å². The molecule has 3 aromatic carbocycles. The molecule has 104 valence electrons. The molecule has 0 unspecified atom stereocenters. The number of hydrogen-bond donors (Lipinski definition) is 0. The van der Waals surface area contributed by atoms with Crippen molar-refractivity contribution in [2.24, 2.45) is 9.98 Å². The maximum Gasteiger partial charge on any atom is 0.0738 e. The molecule has 0 spiro atoms. The molecule has 2 heterocycles. The molecular weight excluding hydrogens is 404 g/mol. The number of nitrogens with zero attached hydrogens (tertiary/aromatic N) is 2. The zero-order valence-electron chi connectivity index (χ0n) is 11.3. The van der Waals surface area contributed by atoms with E-state index in [0.29, 0.717) is 0 Å². The lowest BCUT2D eigenvalue weighted by Crippen LogP contribution is -1.99. The Labute approximate surface area is 142 Å². The van der Waals surface area contributed by atoms with Crippen molar-refractivity contribution >= 4 is 43.2 Å². The van der Waals surface area contributed by atoms with Gasteiger partial charge in [0.25, 0.3) is 0 Å². The summed E-state index contributed by atoms with van der Waals surface area (Å²) in [5.41, 5.74) is 4.39. The van der Waals surface area contributed by atoms with E-state index >= 15 is 0 Å². The molecule has 4 heteroatoms. The van der Waals surface area contributed by atoms with Gasteiger partial charge in [0.15, 0.2) is 0 Å². The first-order valence-corrected chi connectivity index (χ1v) is 8.49. The molecule has 0 aromatic heterocycles. The van der Waals surface area contributed by atoms with Crippen LogP contribution in [0.2, 0.25) is 0 Å². The van der Waals surface area contributed by atoms with Crippen LogP contribution >= 0.6 is 31.9 Å². The van der Waals surface area contributed by atoms with E-state index in [1.165, 1.54) is 21.6 Å². The van der Waals surface area contributed by atoms with Gasteiger partial charge in [-0.25, -0.2) is 9.98 Å². The maximum atomic E-state index is 4.73. The van der Waals surface area contributed by atoms with Crippen molar-refractivity contribution in [1.82, 2.24) is 0 Å². The second-order valence-corrected chi connectivity index (χ2v) is 7.26. The van der Waals surface area contributed by atoms with E-state index in [9.17, 15) is 0 Å². The molecule has 0 amide bonds. The van der Waals surface area contributed by atoms with Crippen LogP contribution in [0, 0.1) is 10.4 Å². The number of fused-ring (bicyclic) bond motifs is 5. The highest BCUT2D eigenvalue weighted by Gasteiger charge is 2.16. The van der Waals surface area contributed by atoms with Crippen molar-refractivity contribution in [2.45, 2.75) is 0 Å². The Morgan fingerprint density at radius 3 is 2.27 bits per heavy atom. The molecule has 3 aromatic rings.